The van der Waals surface area contributed by atoms with E-state index in [4.69, 9.17) is 7.10 Å². The second kappa shape index (κ2) is 5.09. The normalized spacial score (nSPS) is 27.6. The summed E-state index contributed by atoms with van der Waals surface area (Å²) in [6.45, 7) is -0.00316. The lowest BCUT2D eigenvalue weighted by Gasteiger charge is -2.22. The summed E-state index contributed by atoms with van der Waals surface area (Å²) in [4.78, 5) is 4.50. The van der Waals surface area contributed by atoms with Gasteiger partial charge in [-0.2, -0.15) is 8.78 Å². The summed E-state index contributed by atoms with van der Waals surface area (Å²) in [6.07, 6.45) is 0. The van der Waals surface area contributed by atoms with Crippen LogP contribution in [-0.2, 0) is 0 Å². The van der Waals surface area contributed by atoms with E-state index in [1.165, 1.54) is 6.07 Å². The van der Waals surface area contributed by atoms with Crippen LogP contribution in [0.25, 0.3) is 0 Å². The molecule has 3 rings (SSSR count). The van der Waals surface area contributed by atoms with E-state index >= 15 is 0 Å². The maximum absolute atomic E-state index is 12.7. The minimum atomic E-state index is -3.98. The molecule has 2 saturated heterocycles. The average Bonchev–Trinajstić information content (AvgIpc) is 2.87. The fourth-order valence-corrected chi connectivity index (χ4v) is 3.33. The minimum Gasteiger partial charge on any atom is -0.433 e. The number of anilines is 2. The Hall–Kier alpha value is -1.56. The molecule has 0 saturated carbocycles. The van der Waals surface area contributed by atoms with Gasteiger partial charge in [-0.3, -0.25) is 0 Å². The summed E-state index contributed by atoms with van der Waals surface area (Å²) in [5.41, 5.74) is 6.57. The van der Waals surface area contributed by atoms with Crippen molar-refractivity contribution >= 4 is 11.4 Å². The Morgan fingerprint density at radius 2 is 1.95 bits per heavy atom. The summed E-state index contributed by atoms with van der Waals surface area (Å²) < 4.78 is 36.3. The summed E-state index contributed by atoms with van der Waals surface area (Å²) >= 11 is 0. The second-order valence-electron chi connectivity index (χ2n) is 5.70. The molecule has 0 bridgehead atoms. The van der Waals surface area contributed by atoms with Gasteiger partial charge in [0.15, 0.2) is 7.12 Å². The monoisotopic (exact) mass is 284 g/mol. The third-order valence-corrected chi connectivity index (χ3v) is 4.22. The quantitative estimate of drug-likeness (QED) is 0.860. The maximum atomic E-state index is 12.7. The summed E-state index contributed by atoms with van der Waals surface area (Å²) in [7, 11) is 2.12. The average molecular weight is 284 g/mol. The van der Waals surface area contributed by atoms with Crippen molar-refractivity contribution < 1.29 is 14.9 Å². The van der Waals surface area contributed by atoms with Crippen molar-refractivity contribution in [1.29, 1.82) is 0 Å². The number of hydrogen-bond acceptors (Lipinski definition) is 4. The summed E-state index contributed by atoms with van der Waals surface area (Å²) in [5.74, 6) is 1.10. The van der Waals surface area contributed by atoms with Crippen LogP contribution in [0.3, 0.4) is 0 Å². The molecular weight excluding hydrogens is 264 g/mol. The number of fused-ring (bicyclic) bond motifs is 1. The summed E-state index contributed by atoms with van der Waals surface area (Å²) in [6, 6.07) is 4.87. The lowest BCUT2D eigenvalue weighted by Crippen LogP contribution is -2.26. The molecule has 6 heteroatoms. The van der Waals surface area contributed by atoms with Gasteiger partial charge in [-0.15, -0.1) is 0 Å². The number of benzene rings is 1. The number of alkyl halides is 2. The number of likely N-dealkylation sites (tertiary alicyclic amines) is 1. The van der Waals surface area contributed by atoms with E-state index in [2.05, 4.69) is 21.6 Å². The minimum absolute atomic E-state index is 0.116. The van der Waals surface area contributed by atoms with Crippen LogP contribution < -0.4 is 15.4 Å². The topological polar surface area (TPSA) is 41.7 Å². The molecule has 2 fully saturated rings. The molecule has 0 unspecified atom stereocenters. The van der Waals surface area contributed by atoms with Crippen molar-refractivity contribution in [2.24, 2.45) is 11.8 Å². The van der Waals surface area contributed by atoms with Crippen molar-refractivity contribution in [3.63, 3.8) is 0 Å². The van der Waals surface area contributed by atoms with Crippen molar-refractivity contribution in [3.8, 4) is 5.75 Å². The van der Waals surface area contributed by atoms with Crippen LogP contribution in [-0.4, -0.2) is 44.7 Å². The largest absolute Gasteiger partial charge is 0.433 e. The number of hydrogen-bond donors (Lipinski definition) is 1. The van der Waals surface area contributed by atoms with Gasteiger partial charge in [0.2, 0.25) is 0 Å². The molecule has 4 nitrogen and oxygen atoms in total. The fraction of sp³-hybridized carbons (Fsp3) is 0.571. The third kappa shape index (κ3) is 2.52. The Balaban J connectivity index is 1.76. The molecule has 1 aromatic carbocycles. The first-order chi connectivity index (χ1) is 9.82. The van der Waals surface area contributed by atoms with Gasteiger partial charge < -0.3 is 20.3 Å². The van der Waals surface area contributed by atoms with Gasteiger partial charge in [0.25, 0.3) is 0 Å². The van der Waals surface area contributed by atoms with Crippen molar-refractivity contribution in [1.82, 2.24) is 4.90 Å². The first-order valence-electron chi connectivity index (χ1n) is 7.21. The van der Waals surface area contributed by atoms with E-state index in [1.807, 2.05) is 6.07 Å². The molecule has 2 aliphatic heterocycles. The van der Waals surface area contributed by atoms with Crippen molar-refractivity contribution in [3.05, 3.63) is 18.2 Å². The zero-order valence-corrected chi connectivity index (χ0v) is 11.4. The molecule has 110 valence electrons. The Kier molecular flexibility index (Phi) is 3.10. The zero-order valence-electron chi connectivity index (χ0n) is 12.4. The molecule has 1 aromatic rings. The van der Waals surface area contributed by atoms with Crippen LogP contribution >= 0.6 is 0 Å². The number of rotatable bonds is 3. The van der Waals surface area contributed by atoms with Gasteiger partial charge in [-0.05, 0) is 31.0 Å². The fourth-order valence-electron chi connectivity index (χ4n) is 3.33. The molecule has 0 spiro atoms. The van der Waals surface area contributed by atoms with Crippen LogP contribution in [0, 0.1) is 11.8 Å². The Bertz CT molecular complexity index is 523. The Morgan fingerprint density at radius 1 is 1.30 bits per heavy atom. The van der Waals surface area contributed by atoms with E-state index in [0.717, 1.165) is 31.9 Å². The number of nitrogens with two attached hydrogens (primary N) is 1. The summed E-state index contributed by atoms with van der Waals surface area (Å²) in [5, 5.41) is 0. The van der Waals surface area contributed by atoms with Crippen molar-refractivity contribution in [2.75, 3.05) is 43.9 Å². The molecule has 0 aromatic heterocycles. The third-order valence-electron chi connectivity index (χ3n) is 4.22. The highest BCUT2D eigenvalue weighted by atomic mass is 19.3. The molecule has 0 radical (unpaired) electrons. The zero-order chi connectivity index (χ0) is 15.2. The number of halogens is 2. The van der Waals surface area contributed by atoms with Gasteiger partial charge in [0.1, 0.15) is 0 Å². The molecule has 20 heavy (non-hydrogen) atoms. The first kappa shape index (κ1) is 12.2. The molecular formula is C14H19F2N3O. The first-order valence-corrected chi connectivity index (χ1v) is 6.71. The predicted octanol–water partition coefficient (Wildman–Crippen LogP) is 1.87. The smallest absolute Gasteiger partial charge is 0.387 e. The molecule has 0 aliphatic carbocycles. The number of ether oxygens (including phenoxy) is 1. The van der Waals surface area contributed by atoms with Crippen LogP contribution in [0.15, 0.2) is 18.2 Å². The maximum Gasteiger partial charge on any atom is 0.387 e. The van der Waals surface area contributed by atoms with Crippen LogP contribution in [0.2, 0.25) is 0 Å². The van der Waals surface area contributed by atoms with E-state index < -0.39 is 6.59 Å². The highest BCUT2D eigenvalue weighted by Crippen LogP contribution is 2.36. The Morgan fingerprint density at radius 3 is 2.55 bits per heavy atom. The highest BCUT2D eigenvalue weighted by Gasteiger charge is 2.38. The van der Waals surface area contributed by atoms with E-state index in [9.17, 15) is 8.78 Å². The number of nitrogens with zero attached hydrogens (tertiary/aromatic N) is 2. The molecule has 2 atom stereocenters. The van der Waals surface area contributed by atoms with E-state index in [-0.39, 0.29) is 11.4 Å². The van der Waals surface area contributed by atoms with Gasteiger partial charge in [0.05, 0.1) is 5.69 Å². The SMILES string of the molecule is [2H]C(F)(F)Oc1cc(N2C[C@H]3CN(C)C[C@H]3C2)ccc1N. The molecule has 2 heterocycles. The van der Waals surface area contributed by atoms with Crippen LogP contribution in [0.1, 0.15) is 1.37 Å². The Labute approximate surface area is 118 Å². The molecule has 0 amide bonds. The molecule has 2 aliphatic rings. The van der Waals surface area contributed by atoms with E-state index in [1.54, 1.807) is 6.07 Å². The van der Waals surface area contributed by atoms with Gasteiger partial charge in [0, 0.05) is 37.9 Å². The predicted molar refractivity (Wildman–Crippen MR) is 74.2 cm³/mol. The van der Waals surface area contributed by atoms with Gasteiger partial charge in [-0.25, -0.2) is 0 Å². The lowest BCUT2D eigenvalue weighted by molar-refractivity contribution is -0.0493. The standard InChI is InChI=1S/C14H19F2N3O/c1-18-5-9-7-19(8-10(9)6-18)11-2-3-12(17)13(4-11)20-14(15)16/h2-4,9-10,14H,5-8,17H2,1H3/t9-,10+/i14D. The van der Waals surface area contributed by atoms with Gasteiger partial charge in [-0.1, -0.05) is 0 Å². The molecule has 2 N–H and O–H groups in total. The number of nitrogen functional groups attached to an aromatic ring is 1. The van der Waals surface area contributed by atoms with E-state index in [0.29, 0.717) is 11.8 Å². The van der Waals surface area contributed by atoms with Gasteiger partial charge >= 0.3 is 6.59 Å². The lowest BCUT2D eigenvalue weighted by atomic mass is 10.0. The highest BCUT2D eigenvalue weighted by molar-refractivity contribution is 5.62. The van der Waals surface area contributed by atoms with Crippen LogP contribution in [0.4, 0.5) is 20.2 Å². The second-order valence-corrected chi connectivity index (χ2v) is 5.70. The van der Waals surface area contributed by atoms with Crippen LogP contribution in [0.5, 0.6) is 5.75 Å². The van der Waals surface area contributed by atoms with Crippen molar-refractivity contribution in [2.45, 2.75) is 6.59 Å².